The SMILES string of the molecule is CC(C)CC(c1ccc(O)cc1)C(C)CN. The second-order valence-electron chi connectivity index (χ2n) is 5.04. The van der Waals surface area contributed by atoms with Gasteiger partial charge in [-0.1, -0.05) is 32.9 Å². The first-order chi connectivity index (χ1) is 7.54. The zero-order valence-electron chi connectivity index (χ0n) is 10.5. The van der Waals surface area contributed by atoms with Crippen molar-refractivity contribution in [2.45, 2.75) is 33.1 Å². The summed E-state index contributed by atoms with van der Waals surface area (Å²) in [5.41, 5.74) is 7.05. The summed E-state index contributed by atoms with van der Waals surface area (Å²) in [4.78, 5) is 0. The molecule has 1 rings (SSSR count). The number of phenols is 1. The van der Waals surface area contributed by atoms with Gasteiger partial charge in [0.05, 0.1) is 0 Å². The standard InChI is InChI=1S/C14H23NO/c1-10(2)8-14(11(3)9-15)12-4-6-13(16)7-5-12/h4-7,10-11,14,16H,8-9,15H2,1-3H3. The summed E-state index contributed by atoms with van der Waals surface area (Å²) in [6.07, 6.45) is 1.14. The van der Waals surface area contributed by atoms with Gasteiger partial charge in [-0.15, -0.1) is 0 Å². The summed E-state index contributed by atoms with van der Waals surface area (Å²) in [6.45, 7) is 7.37. The fraction of sp³-hybridized carbons (Fsp3) is 0.571. The third-order valence-electron chi connectivity index (χ3n) is 3.11. The second kappa shape index (κ2) is 5.90. The van der Waals surface area contributed by atoms with E-state index in [9.17, 15) is 5.11 Å². The predicted octanol–water partition coefficient (Wildman–Crippen LogP) is 3.12. The molecule has 0 aliphatic rings. The Balaban J connectivity index is 2.87. The lowest BCUT2D eigenvalue weighted by Crippen LogP contribution is -2.20. The maximum atomic E-state index is 9.29. The Morgan fingerprint density at radius 3 is 2.12 bits per heavy atom. The zero-order chi connectivity index (χ0) is 12.1. The van der Waals surface area contributed by atoms with Gasteiger partial charge in [-0.3, -0.25) is 0 Å². The summed E-state index contributed by atoms with van der Waals surface area (Å²) < 4.78 is 0. The average Bonchev–Trinajstić information content (AvgIpc) is 2.26. The van der Waals surface area contributed by atoms with Crippen molar-refractivity contribution >= 4 is 0 Å². The second-order valence-corrected chi connectivity index (χ2v) is 5.04. The quantitative estimate of drug-likeness (QED) is 0.802. The first-order valence-electron chi connectivity index (χ1n) is 6.03. The fourth-order valence-corrected chi connectivity index (χ4v) is 2.09. The highest BCUT2D eigenvalue weighted by Gasteiger charge is 2.19. The van der Waals surface area contributed by atoms with Crippen molar-refractivity contribution in [2.75, 3.05) is 6.54 Å². The molecule has 0 spiro atoms. The Bertz CT molecular complexity index is 305. The van der Waals surface area contributed by atoms with E-state index < -0.39 is 0 Å². The minimum Gasteiger partial charge on any atom is -0.508 e. The summed E-state index contributed by atoms with van der Waals surface area (Å²) in [5.74, 6) is 1.96. The molecule has 1 aromatic carbocycles. The largest absolute Gasteiger partial charge is 0.508 e. The number of hydrogen-bond acceptors (Lipinski definition) is 2. The van der Waals surface area contributed by atoms with Crippen molar-refractivity contribution in [1.82, 2.24) is 0 Å². The summed E-state index contributed by atoms with van der Waals surface area (Å²) in [5, 5.41) is 9.29. The average molecular weight is 221 g/mol. The molecule has 0 bridgehead atoms. The van der Waals surface area contributed by atoms with Crippen LogP contribution in [0.1, 0.15) is 38.7 Å². The number of benzene rings is 1. The number of phenolic OH excluding ortho intramolecular Hbond substituents is 1. The van der Waals surface area contributed by atoms with Gasteiger partial charge in [0.25, 0.3) is 0 Å². The molecule has 90 valence electrons. The van der Waals surface area contributed by atoms with E-state index in [4.69, 9.17) is 5.73 Å². The minimum atomic E-state index is 0.326. The molecule has 0 radical (unpaired) electrons. The van der Waals surface area contributed by atoms with Gasteiger partial charge in [0.1, 0.15) is 5.75 Å². The molecule has 2 heteroatoms. The lowest BCUT2D eigenvalue weighted by Gasteiger charge is -2.25. The van der Waals surface area contributed by atoms with Gasteiger partial charge < -0.3 is 10.8 Å². The normalized spacial score (nSPS) is 15.1. The highest BCUT2D eigenvalue weighted by molar-refractivity contribution is 5.28. The third kappa shape index (κ3) is 3.53. The first-order valence-corrected chi connectivity index (χ1v) is 6.03. The highest BCUT2D eigenvalue weighted by Crippen LogP contribution is 2.31. The van der Waals surface area contributed by atoms with Crippen LogP contribution in [0, 0.1) is 11.8 Å². The van der Waals surface area contributed by atoms with Crippen LogP contribution in [0.4, 0.5) is 0 Å². The van der Waals surface area contributed by atoms with Crippen LogP contribution in [0.25, 0.3) is 0 Å². The molecular formula is C14H23NO. The number of rotatable bonds is 5. The van der Waals surface area contributed by atoms with Crippen molar-refractivity contribution < 1.29 is 5.11 Å². The summed E-state index contributed by atoms with van der Waals surface area (Å²) in [7, 11) is 0. The molecule has 0 fully saturated rings. The van der Waals surface area contributed by atoms with E-state index in [1.54, 1.807) is 12.1 Å². The Morgan fingerprint density at radius 2 is 1.69 bits per heavy atom. The van der Waals surface area contributed by atoms with Crippen LogP contribution in [0.2, 0.25) is 0 Å². The van der Waals surface area contributed by atoms with Crippen LogP contribution < -0.4 is 5.73 Å². The van der Waals surface area contributed by atoms with Crippen LogP contribution in [-0.4, -0.2) is 11.7 Å². The van der Waals surface area contributed by atoms with Crippen molar-refractivity contribution in [3.05, 3.63) is 29.8 Å². The molecule has 2 atom stereocenters. The molecule has 2 nitrogen and oxygen atoms in total. The van der Waals surface area contributed by atoms with Crippen LogP contribution in [0.5, 0.6) is 5.75 Å². The van der Waals surface area contributed by atoms with E-state index in [2.05, 4.69) is 20.8 Å². The molecule has 0 amide bonds. The Kier molecular flexibility index (Phi) is 4.81. The molecule has 16 heavy (non-hydrogen) atoms. The Morgan fingerprint density at radius 1 is 1.12 bits per heavy atom. The predicted molar refractivity (Wildman–Crippen MR) is 68.5 cm³/mol. The van der Waals surface area contributed by atoms with E-state index in [0.29, 0.717) is 30.0 Å². The molecule has 2 unspecified atom stereocenters. The van der Waals surface area contributed by atoms with Gasteiger partial charge in [-0.05, 0) is 48.4 Å². The smallest absolute Gasteiger partial charge is 0.115 e. The van der Waals surface area contributed by atoms with E-state index in [1.807, 2.05) is 12.1 Å². The number of hydrogen-bond donors (Lipinski definition) is 2. The van der Waals surface area contributed by atoms with Gasteiger partial charge in [0.2, 0.25) is 0 Å². The monoisotopic (exact) mass is 221 g/mol. The molecule has 0 aliphatic carbocycles. The zero-order valence-corrected chi connectivity index (χ0v) is 10.5. The maximum Gasteiger partial charge on any atom is 0.115 e. The van der Waals surface area contributed by atoms with Gasteiger partial charge in [-0.25, -0.2) is 0 Å². The van der Waals surface area contributed by atoms with Gasteiger partial charge >= 0.3 is 0 Å². The van der Waals surface area contributed by atoms with Crippen LogP contribution >= 0.6 is 0 Å². The van der Waals surface area contributed by atoms with Crippen LogP contribution in [0.15, 0.2) is 24.3 Å². The number of nitrogens with two attached hydrogens (primary N) is 1. The molecule has 1 aromatic rings. The third-order valence-corrected chi connectivity index (χ3v) is 3.11. The van der Waals surface area contributed by atoms with E-state index >= 15 is 0 Å². The van der Waals surface area contributed by atoms with Crippen molar-refractivity contribution in [1.29, 1.82) is 0 Å². The molecule has 0 aromatic heterocycles. The van der Waals surface area contributed by atoms with Gasteiger partial charge in [0.15, 0.2) is 0 Å². The summed E-state index contributed by atoms with van der Waals surface area (Å²) >= 11 is 0. The fourth-order valence-electron chi connectivity index (χ4n) is 2.09. The lowest BCUT2D eigenvalue weighted by atomic mass is 9.81. The highest BCUT2D eigenvalue weighted by atomic mass is 16.3. The van der Waals surface area contributed by atoms with Crippen molar-refractivity contribution in [2.24, 2.45) is 17.6 Å². The molecular weight excluding hydrogens is 198 g/mol. The topological polar surface area (TPSA) is 46.2 Å². The van der Waals surface area contributed by atoms with Crippen LogP contribution in [0.3, 0.4) is 0 Å². The molecule has 0 heterocycles. The van der Waals surface area contributed by atoms with Crippen molar-refractivity contribution in [3.63, 3.8) is 0 Å². The van der Waals surface area contributed by atoms with Gasteiger partial charge in [-0.2, -0.15) is 0 Å². The maximum absolute atomic E-state index is 9.29. The Hall–Kier alpha value is -1.02. The molecule has 0 saturated carbocycles. The summed E-state index contributed by atoms with van der Waals surface area (Å²) in [6, 6.07) is 7.53. The van der Waals surface area contributed by atoms with Gasteiger partial charge in [0, 0.05) is 0 Å². The van der Waals surface area contributed by atoms with Crippen LogP contribution in [-0.2, 0) is 0 Å². The minimum absolute atomic E-state index is 0.326. The number of aromatic hydroxyl groups is 1. The Labute approximate surface area is 98.5 Å². The van der Waals surface area contributed by atoms with E-state index in [-0.39, 0.29) is 0 Å². The van der Waals surface area contributed by atoms with E-state index in [0.717, 1.165) is 6.42 Å². The van der Waals surface area contributed by atoms with E-state index in [1.165, 1.54) is 5.56 Å². The lowest BCUT2D eigenvalue weighted by molar-refractivity contribution is 0.391. The van der Waals surface area contributed by atoms with Crippen molar-refractivity contribution in [3.8, 4) is 5.75 Å². The molecule has 0 saturated heterocycles. The molecule has 0 aliphatic heterocycles. The first kappa shape index (κ1) is 13.0. The molecule has 3 N–H and O–H groups in total.